The molecule has 0 heterocycles. The van der Waals surface area contributed by atoms with Crippen LogP contribution in [0.1, 0.15) is 30.0 Å². The van der Waals surface area contributed by atoms with E-state index in [2.05, 4.69) is 5.32 Å². The fraction of sp³-hybridized carbons (Fsp3) is 0.333. The number of anilines is 1. The number of hydrogen-bond acceptors (Lipinski definition) is 5. The molecule has 0 saturated heterocycles. The Bertz CT molecular complexity index is 1420. The maximum atomic E-state index is 14.1. The number of amides is 2. The average Bonchev–Trinajstić information content (AvgIpc) is 2.93. The van der Waals surface area contributed by atoms with Gasteiger partial charge in [0.1, 0.15) is 18.3 Å². The number of nitrogens with one attached hydrogen (secondary N) is 1. The van der Waals surface area contributed by atoms with Gasteiger partial charge in [-0.1, -0.05) is 67.1 Å². The summed E-state index contributed by atoms with van der Waals surface area (Å²) in [6.45, 7) is 3.76. The van der Waals surface area contributed by atoms with Crippen LogP contribution in [0.15, 0.2) is 72.8 Å². The Balaban J connectivity index is 2.06. The van der Waals surface area contributed by atoms with E-state index in [1.807, 2.05) is 43.3 Å². The fourth-order valence-electron chi connectivity index (χ4n) is 4.24. The molecule has 0 aromatic heterocycles. The van der Waals surface area contributed by atoms with Gasteiger partial charge in [0, 0.05) is 24.5 Å². The van der Waals surface area contributed by atoms with Crippen molar-refractivity contribution in [2.75, 3.05) is 30.8 Å². The molecule has 3 aromatic rings. The predicted octanol–water partition coefficient (Wildman–Crippen LogP) is 4.59. The second-order valence-electron chi connectivity index (χ2n) is 9.57. The summed E-state index contributed by atoms with van der Waals surface area (Å²) in [5.74, 6) is -0.240. The summed E-state index contributed by atoms with van der Waals surface area (Å²) < 4.78 is 32.1. The van der Waals surface area contributed by atoms with Gasteiger partial charge in [0.05, 0.1) is 19.1 Å². The van der Waals surface area contributed by atoms with Crippen LogP contribution in [0.3, 0.4) is 0 Å². The van der Waals surface area contributed by atoms with Crippen molar-refractivity contribution >= 4 is 39.1 Å². The van der Waals surface area contributed by atoms with Crippen LogP contribution in [0.2, 0.25) is 5.02 Å². The van der Waals surface area contributed by atoms with Crippen molar-refractivity contribution in [1.82, 2.24) is 10.2 Å². The van der Waals surface area contributed by atoms with E-state index in [0.29, 0.717) is 17.3 Å². The molecule has 0 aliphatic carbocycles. The Morgan fingerprint density at radius 1 is 1.00 bits per heavy atom. The van der Waals surface area contributed by atoms with Crippen molar-refractivity contribution in [3.05, 3.63) is 94.5 Å². The standard InChI is InChI=1S/C30H36ClN3O5S/c1-5-16-32-30(36)28(18-23-10-7-6-8-11-23)33(20-24-12-9-13-26(17-24)39-3)29(35)21-34(40(4,37)38)25-15-14-22(2)27(31)19-25/h6-15,17,19,28H,5,16,18,20-21H2,1-4H3,(H,32,36). The Labute approximate surface area is 241 Å². The Morgan fingerprint density at radius 3 is 2.33 bits per heavy atom. The van der Waals surface area contributed by atoms with Crippen LogP contribution in [-0.2, 0) is 32.6 Å². The maximum absolute atomic E-state index is 14.1. The molecule has 0 bridgehead atoms. The van der Waals surface area contributed by atoms with E-state index in [-0.39, 0.29) is 24.6 Å². The predicted molar refractivity (Wildman–Crippen MR) is 159 cm³/mol. The van der Waals surface area contributed by atoms with Gasteiger partial charge < -0.3 is 15.0 Å². The third-order valence-corrected chi connectivity index (χ3v) is 7.98. The molecule has 3 aromatic carbocycles. The quantitative estimate of drug-likeness (QED) is 0.317. The molecule has 3 rings (SSSR count). The van der Waals surface area contributed by atoms with E-state index < -0.39 is 28.5 Å². The molecule has 1 atom stereocenters. The first-order chi connectivity index (χ1) is 19.0. The Kier molecular flexibility index (Phi) is 11.0. The smallest absolute Gasteiger partial charge is 0.244 e. The van der Waals surface area contributed by atoms with Gasteiger partial charge in [0.15, 0.2) is 0 Å². The van der Waals surface area contributed by atoms with Crippen LogP contribution in [0, 0.1) is 6.92 Å². The summed E-state index contributed by atoms with van der Waals surface area (Å²) in [5, 5.41) is 3.30. The van der Waals surface area contributed by atoms with Gasteiger partial charge in [0.2, 0.25) is 21.8 Å². The molecule has 10 heteroatoms. The normalized spacial score (nSPS) is 11.9. The maximum Gasteiger partial charge on any atom is 0.244 e. The van der Waals surface area contributed by atoms with Crippen LogP contribution in [0.4, 0.5) is 5.69 Å². The van der Waals surface area contributed by atoms with E-state index in [1.54, 1.807) is 44.4 Å². The summed E-state index contributed by atoms with van der Waals surface area (Å²) in [7, 11) is -2.32. The third-order valence-electron chi connectivity index (χ3n) is 6.43. The zero-order valence-corrected chi connectivity index (χ0v) is 24.8. The SMILES string of the molecule is CCCNC(=O)C(Cc1ccccc1)N(Cc1cccc(OC)c1)C(=O)CN(c1ccc(C)c(Cl)c1)S(C)(=O)=O. The summed E-state index contributed by atoms with van der Waals surface area (Å²) in [6, 6.07) is 20.6. The molecule has 0 aliphatic rings. The lowest BCUT2D eigenvalue weighted by molar-refractivity contribution is -0.140. The lowest BCUT2D eigenvalue weighted by atomic mass is 10.0. The number of rotatable bonds is 13. The zero-order chi connectivity index (χ0) is 29.3. The first-order valence-corrected chi connectivity index (χ1v) is 15.2. The van der Waals surface area contributed by atoms with Crippen molar-refractivity contribution < 1.29 is 22.7 Å². The van der Waals surface area contributed by atoms with Crippen LogP contribution in [0.25, 0.3) is 0 Å². The highest BCUT2D eigenvalue weighted by atomic mass is 35.5. The molecular weight excluding hydrogens is 550 g/mol. The minimum absolute atomic E-state index is 0.0688. The number of nitrogens with zero attached hydrogens (tertiary/aromatic N) is 2. The monoisotopic (exact) mass is 585 g/mol. The van der Waals surface area contributed by atoms with Gasteiger partial charge in [-0.15, -0.1) is 0 Å². The molecule has 0 radical (unpaired) electrons. The van der Waals surface area contributed by atoms with E-state index in [0.717, 1.165) is 33.7 Å². The third kappa shape index (κ3) is 8.47. The molecule has 0 fully saturated rings. The minimum atomic E-state index is -3.87. The molecule has 40 heavy (non-hydrogen) atoms. The minimum Gasteiger partial charge on any atom is -0.497 e. The first kappa shape index (κ1) is 31.0. The van der Waals surface area contributed by atoms with Crippen LogP contribution in [0.5, 0.6) is 5.75 Å². The Hall–Kier alpha value is -3.56. The lowest BCUT2D eigenvalue weighted by Crippen LogP contribution is -2.53. The average molecular weight is 586 g/mol. The van der Waals surface area contributed by atoms with E-state index in [1.165, 1.54) is 11.0 Å². The number of carbonyl (C=O) groups excluding carboxylic acids is 2. The zero-order valence-electron chi connectivity index (χ0n) is 23.3. The van der Waals surface area contributed by atoms with Crippen molar-refractivity contribution in [3.8, 4) is 5.75 Å². The highest BCUT2D eigenvalue weighted by molar-refractivity contribution is 7.92. The number of ether oxygens (including phenoxy) is 1. The molecule has 0 saturated carbocycles. The van der Waals surface area contributed by atoms with E-state index in [9.17, 15) is 18.0 Å². The molecule has 1 N–H and O–H groups in total. The summed E-state index contributed by atoms with van der Waals surface area (Å²) in [6.07, 6.45) is 2.01. The van der Waals surface area contributed by atoms with E-state index >= 15 is 0 Å². The summed E-state index contributed by atoms with van der Waals surface area (Å²) in [5.41, 5.74) is 2.65. The summed E-state index contributed by atoms with van der Waals surface area (Å²) in [4.78, 5) is 29.0. The number of hydrogen-bond donors (Lipinski definition) is 1. The largest absolute Gasteiger partial charge is 0.497 e. The molecular formula is C30H36ClN3O5S. The number of methoxy groups -OCH3 is 1. The number of aryl methyl sites for hydroxylation is 1. The summed E-state index contributed by atoms with van der Waals surface area (Å²) >= 11 is 6.29. The number of carbonyl (C=O) groups is 2. The number of benzene rings is 3. The van der Waals surface area contributed by atoms with Gasteiger partial charge in [-0.25, -0.2) is 8.42 Å². The molecule has 1 unspecified atom stereocenters. The van der Waals surface area contributed by atoms with Gasteiger partial charge in [0.25, 0.3) is 0 Å². The van der Waals surface area contributed by atoms with E-state index in [4.69, 9.17) is 16.3 Å². The van der Waals surface area contributed by atoms with Crippen LogP contribution >= 0.6 is 11.6 Å². The highest BCUT2D eigenvalue weighted by Gasteiger charge is 2.33. The van der Waals surface area contributed by atoms with Gasteiger partial charge in [-0.2, -0.15) is 0 Å². The Morgan fingerprint density at radius 2 is 1.70 bits per heavy atom. The molecule has 0 spiro atoms. The second kappa shape index (κ2) is 14.2. The molecule has 2 amide bonds. The second-order valence-corrected chi connectivity index (χ2v) is 11.9. The van der Waals surface area contributed by atoms with Gasteiger partial charge in [-0.3, -0.25) is 13.9 Å². The number of halogens is 1. The van der Waals surface area contributed by atoms with Crippen molar-refractivity contribution in [3.63, 3.8) is 0 Å². The molecule has 214 valence electrons. The van der Waals surface area contributed by atoms with Crippen molar-refractivity contribution in [2.45, 2.75) is 39.3 Å². The van der Waals surface area contributed by atoms with Crippen LogP contribution in [-0.4, -0.2) is 57.6 Å². The molecule has 0 aliphatic heterocycles. The van der Waals surface area contributed by atoms with Crippen LogP contribution < -0.4 is 14.4 Å². The highest BCUT2D eigenvalue weighted by Crippen LogP contribution is 2.26. The topological polar surface area (TPSA) is 96.0 Å². The van der Waals surface area contributed by atoms with Crippen molar-refractivity contribution in [1.29, 1.82) is 0 Å². The van der Waals surface area contributed by atoms with Crippen molar-refractivity contribution in [2.24, 2.45) is 0 Å². The first-order valence-electron chi connectivity index (χ1n) is 13.0. The molecule has 8 nitrogen and oxygen atoms in total. The van der Waals surface area contributed by atoms with Gasteiger partial charge in [-0.05, 0) is 54.3 Å². The van der Waals surface area contributed by atoms with Gasteiger partial charge >= 0.3 is 0 Å². The lowest BCUT2D eigenvalue weighted by Gasteiger charge is -2.33. The fourth-order valence-corrected chi connectivity index (χ4v) is 5.25. The number of sulfonamides is 1.